The molecule has 90 valence electrons. The van der Waals surface area contributed by atoms with E-state index < -0.39 is 0 Å². The minimum Gasteiger partial charge on any atom is -0.477 e. The Morgan fingerprint density at radius 2 is 2.00 bits per heavy atom. The second-order valence-electron chi connectivity index (χ2n) is 4.41. The van der Waals surface area contributed by atoms with Crippen LogP contribution in [0.5, 0.6) is 5.88 Å². The highest BCUT2D eigenvalue weighted by molar-refractivity contribution is 5.44. The first-order valence-electron chi connectivity index (χ1n) is 5.80. The van der Waals surface area contributed by atoms with Crippen LogP contribution in [0.1, 0.15) is 38.6 Å². The van der Waals surface area contributed by atoms with Crippen LogP contribution in [0.3, 0.4) is 0 Å². The van der Waals surface area contributed by atoms with Crippen molar-refractivity contribution in [3.05, 3.63) is 11.4 Å². The molecule has 0 aromatic carbocycles. The molecule has 0 radical (unpaired) electrons. The summed E-state index contributed by atoms with van der Waals surface area (Å²) in [5.74, 6) is 2.40. The summed E-state index contributed by atoms with van der Waals surface area (Å²) in [4.78, 5) is 8.62. The molecule has 0 saturated carbocycles. The van der Waals surface area contributed by atoms with Gasteiger partial charge in [0.05, 0.1) is 12.2 Å². The topological polar surface area (TPSA) is 61.0 Å². The van der Waals surface area contributed by atoms with E-state index in [2.05, 4.69) is 30.7 Å². The van der Waals surface area contributed by atoms with E-state index >= 15 is 0 Å². The van der Waals surface area contributed by atoms with E-state index in [1.54, 1.807) is 0 Å². The molecule has 4 nitrogen and oxygen atoms in total. The molecule has 0 bridgehead atoms. The molecule has 2 N–H and O–H groups in total. The summed E-state index contributed by atoms with van der Waals surface area (Å²) in [5.41, 5.74) is 6.66. The van der Waals surface area contributed by atoms with Crippen LogP contribution in [0, 0.1) is 12.8 Å². The van der Waals surface area contributed by atoms with Crippen molar-refractivity contribution in [1.82, 2.24) is 9.97 Å². The first kappa shape index (κ1) is 12.7. The zero-order valence-electron chi connectivity index (χ0n) is 10.6. The van der Waals surface area contributed by atoms with Crippen LogP contribution in [-0.4, -0.2) is 16.6 Å². The molecule has 16 heavy (non-hydrogen) atoms. The maximum atomic E-state index is 5.83. The van der Waals surface area contributed by atoms with E-state index in [9.17, 15) is 0 Å². The Morgan fingerprint density at radius 3 is 2.56 bits per heavy atom. The van der Waals surface area contributed by atoms with Crippen LogP contribution >= 0.6 is 0 Å². The van der Waals surface area contributed by atoms with E-state index in [0.29, 0.717) is 24.2 Å². The van der Waals surface area contributed by atoms with Crippen molar-refractivity contribution >= 4 is 5.82 Å². The fourth-order valence-corrected chi connectivity index (χ4v) is 1.28. The van der Waals surface area contributed by atoms with Gasteiger partial charge in [-0.3, -0.25) is 0 Å². The maximum Gasteiger partial charge on any atom is 0.221 e. The molecule has 1 aromatic heterocycles. The van der Waals surface area contributed by atoms with Gasteiger partial charge in [0.1, 0.15) is 11.6 Å². The highest BCUT2D eigenvalue weighted by Crippen LogP contribution is 2.20. The second kappa shape index (κ2) is 5.68. The Morgan fingerprint density at radius 1 is 1.31 bits per heavy atom. The molecular weight excluding hydrogens is 202 g/mol. The van der Waals surface area contributed by atoms with Crippen LogP contribution in [-0.2, 0) is 6.42 Å². The Balaban J connectivity index is 2.88. The van der Waals surface area contributed by atoms with Gasteiger partial charge in [0.15, 0.2) is 0 Å². The Labute approximate surface area is 97.2 Å². The van der Waals surface area contributed by atoms with Crippen molar-refractivity contribution in [3.8, 4) is 5.88 Å². The van der Waals surface area contributed by atoms with Crippen LogP contribution in [0.15, 0.2) is 0 Å². The molecule has 0 fully saturated rings. The van der Waals surface area contributed by atoms with Crippen LogP contribution in [0.4, 0.5) is 5.82 Å². The lowest BCUT2D eigenvalue weighted by molar-refractivity contribution is 0.258. The number of aromatic nitrogens is 2. The minimum absolute atomic E-state index is 0.477. The summed E-state index contributed by atoms with van der Waals surface area (Å²) in [6, 6.07) is 0. The molecule has 0 atom stereocenters. The summed E-state index contributed by atoms with van der Waals surface area (Å²) in [7, 11) is 0. The number of nitrogens with two attached hydrogens (primary N) is 1. The molecule has 0 saturated heterocycles. The van der Waals surface area contributed by atoms with E-state index in [1.165, 1.54) is 0 Å². The SMILES string of the molecule is CCCc1nc(N)c(C)c(OCC(C)C)n1. The molecular formula is C12H21N3O. The lowest BCUT2D eigenvalue weighted by Crippen LogP contribution is -2.10. The predicted octanol–water partition coefficient (Wildman–Crippen LogP) is 2.35. The third kappa shape index (κ3) is 3.36. The van der Waals surface area contributed by atoms with Gasteiger partial charge in [-0.25, -0.2) is 4.98 Å². The van der Waals surface area contributed by atoms with Gasteiger partial charge in [0.25, 0.3) is 0 Å². The van der Waals surface area contributed by atoms with Crippen molar-refractivity contribution in [1.29, 1.82) is 0 Å². The van der Waals surface area contributed by atoms with Crippen LogP contribution in [0.2, 0.25) is 0 Å². The van der Waals surface area contributed by atoms with Gasteiger partial charge in [-0.1, -0.05) is 20.8 Å². The molecule has 1 rings (SSSR count). The number of nitrogens with zero attached hydrogens (tertiary/aromatic N) is 2. The average molecular weight is 223 g/mol. The summed E-state index contributed by atoms with van der Waals surface area (Å²) in [5, 5.41) is 0. The average Bonchev–Trinajstić information content (AvgIpc) is 2.21. The molecule has 0 aliphatic rings. The number of hydrogen-bond acceptors (Lipinski definition) is 4. The third-order valence-corrected chi connectivity index (χ3v) is 2.21. The lowest BCUT2D eigenvalue weighted by Gasteiger charge is -2.12. The van der Waals surface area contributed by atoms with Gasteiger partial charge in [0, 0.05) is 6.42 Å². The summed E-state index contributed by atoms with van der Waals surface area (Å²) in [6.45, 7) is 8.84. The van der Waals surface area contributed by atoms with Gasteiger partial charge in [-0.15, -0.1) is 0 Å². The van der Waals surface area contributed by atoms with E-state index in [1.807, 2.05) is 6.92 Å². The fraction of sp³-hybridized carbons (Fsp3) is 0.667. The Bertz CT molecular complexity index is 350. The van der Waals surface area contributed by atoms with Gasteiger partial charge >= 0.3 is 0 Å². The first-order chi connectivity index (χ1) is 7.54. The second-order valence-corrected chi connectivity index (χ2v) is 4.41. The van der Waals surface area contributed by atoms with Crippen molar-refractivity contribution in [2.75, 3.05) is 12.3 Å². The van der Waals surface area contributed by atoms with Crippen molar-refractivity contribution in [3.63, 3.8) is 0 Å². The smallest absolute Gasteiger partial charge is 0.221 e. The summed E-state index contributed by atoms with van der Waals surface area (Å²) in [6.07, 6.45) is 1.84. The van der Waals surface area contributed by atoms with Crippen LogP contribution in [0.25, 0.3) is 0 Å². The lowest BCUT2D eigenvalue weighted by atomic mass is 10.2. The van der Waals surface area contributed by atoms with Crippen LogP contribution < -0.4 is 10.5 Å². The molecule has 0 spiro atoms. The minimum atomic E-state index is 0.477. The molecule has 1 aromatic rings. The quantitative estimate of drug-likeness (QED) is 0.832. The Hall–Kier alpha value is -1.32. The highest BCUT2D eigenvalue weighted by atomic mass is 16.5. The maximum absolute atomic E-state index is 5.83. The number of aryl methyl sites for hydroxylation is 1. The molecule has 0 unspecified atom stereocenters. The number of nitrogen functional groups attached to an aromatic ring is 1. The van der Waals surface area contributed by atoms with Gasteiger partial charge in [-0.2, -0.15) is 4.98 Å². The van der Waals surface area contributed by atoms with E-state index in [4.69, 9.17) is 10.5 Å². The monoisotopic (exact) mass is 223 g/mol. The van der Waals surface area contributed by atoms with Crippen molar-refractivity contribution in [2.45, 2.75) is 40.5 Å². The van der Waals surface area contributed by atoms with Crippen molar-refractivity contribution in [2.24, 2.45) is 5.92 Å². The zero-order valence-corrected chi connectivity index (χ0v) is 10.6. The third-order valence-electron chi connectivity index (χ3n) is 2.21. The molecule has 0 aliphatic carbocycles. The van der Waals surface area contributed by atoms with E-state index in [0.717, 1.165) is 24.2 Å². The van der Waals surface area contributed by atoms with Gasteiger partial charge in [-0.05, 0) is 19.3 Å². The molecule has 0 aliphatic heterocycles. The molecule has 4 heteroatoms. The normalized spacial score (nSPS) is 10.8. The molecule has 0 amide bonds. The summed E-state index contributed by atoms with van der Waals surface area (Å²) >= 11 is 0. The van der Waals surface area contributed by atoms with E-state index in [-0.39, 0.29) is 0 Å². The Kier molecular flexibility index (Phi) is 4.52. The fourth-order valence-electron chi connectivity index (χ4n) is 1.28. The van der Waals surface area contributed by atoms with Gasteiger partial charge in [0.2, 0.25) is 5.88 Å². The standard InChI is InChI=1S/C12H21N3O/c1-5-6-10-14-11(13)9(4)12(15-10)16-7-8(2)3/h8H,5-7H2,1-4H3,(H2,13,14,15). The zero-order chi connectivity index (χ0) is 12.1. The largest absolute Gasteiger partial charge is 0.477 e. The number of rotatable bonds is 5. The van der Waals surface area contributed by atoms with Gasteiger partial charge < -0.3 is 10.5 Å². The number of anilines is 1. The first-order valence-corrected chi connectivity index (χ1v) is 5.80. The van der Waals surface area contributed by atoms with Crippen molar-refractivity contribution < 1.29 is 4.74 Å². The summed E-state index contributed by atoms with van der Waals surface area (Å²) < 4.78 is 5.63. The number of ether oxygens (including phenoxy) is 1. The molecule has 1 heterocycles. The predicted molar refractivity (Wildman–Crippen MR) is 65.5 cm³/mol. The highest BCUT2D eigenvalue weighted by Gasteiger charge is 2.10. The number of hydrogen-bond donors (Lipinski definition) is 1.